The number of esters is 1. The summed E-state index contributed by atoms with van der Waals surface area (Å²) >= 11 is 0. The molecule has 0 aliphatic rings. The molecule has 1 N–H and O–H groups in total. The van der Waals surface area contributed by atoms with Crippen LogP contribution in [0.3, 0.4) is 0 Å². The second-order valence-corrected chi connectivity index (χ2v) is 8.95. The van der Waals surface area contributed by atoms with Crippen LogP contribution in [0.4, 0.5) is 5.69 Å². The predicted octanol–water partition coefficient (Wildman–Crippen LogP) is 1.69. The van der Waals surface area contributed by atoms with E-state index in [-0.39, 0.29) is 26.8 Å². The molecule has 2 rings (SSSR count). The van der Waals surface area contributed by atoms with Crippen LogP contribution in [0.1, 0.15) is 10.4 Å². The maximum Gasteiger partial charge on any atom is 0.337 e. The Bertz CT molecular complexity index is 1030. The number of anilines is 1. The highest BCUT2D eigenvalue weighted by Gasteiger charge is 2.19. The van der Waals surface area contributed by atoms with E-state index >= 15 is 0 Å². The summed E-state index contributed by atoms with van der Waals surface area (Å²) in [5, 5.41) is 0. The fourth-order valence-electron chi connectivity index (χ4n) is 2.10. The van der Waals surface area contributed by atoms with Crippen molar-refractivity contribution in [3.8, 4) is 5.75 Å². The van der Waals surface area contributed by atoms with Crippen molar-refractivity contribution in [2.24, 2.45) is 0 Å². The molecule has 0 unspecified atom stereocenters. The summed E-state index contributed by atoms with van der Waals surface area (Å²) in [5.74, 6) is -0.431. The highest BCUT2D eigenvalue weighted by Crippen LogP contribution is 2.28. The highest BCUT2D eigenvalue weighted by atomic mass is 32.2. The molecule has 0 saturated carbocycles. The normalized spacial score (nSPS) is 11.7. The number of sulfonamides is 1. The van der Waals surface area contributed by atoms with E-state index in [1.165, 1.54) is 56.7 Å². The average Bonchev–Trinajstić information content (AvgIpc) is 2.60. The lowest BCUT2D eigenvalue weighted by Crippen LogP contribution is -2.14. The zero-order valence-electron chi connectivity index (χ0n) is 14.2. The van der Waals surface area contributed by atoms with E-state index in [0.29, 0.717) is 0 Å². The van der Waals surface area contributed by atoms with Gasteiger partial charge in [-0.3, -0.25) is 4.72 Å². The fourth-order valence-corrected chi connectivity index (χ4v) is 3.79. The summed E-state index contributed by atoms with van der Waals surface area (Å²) in [6.07, 6.45) is 1.03. The predicted molar refractivity (Wildman–Crippen MR) is 94.7 cm³/mol. The largest absolute Gasteiger partial charge is 0.495 e. The van der Waals surface area contributed by atoms with Crippen molar-refractivity contribution in [3.05, 3.63) is 48.0 Å². The van der Waals surface area contributed by atoms with E-state index in [0.717, 1.165) is 6.26 Å². The Balaban J connectivity index is 2.41. The first-order valence-electron chi connectivity index (χ1n) is 7.18. The first-order valence-corrected chi connectivity index (χ1v) is 10.6. The lowest BCUT2D eigenvalue weighted by molar-refractivity contribution is 0.0600. The third kappa shape index (κ3) is 4.33. The summed E-state index contributed by atoms with van der Waals surface area (Å²) < 4.78 is 60.1. The van der Waals surface area contributed by atoms with Gasteiger partial charge in [-0.2, -0.15) is 0 Å². The first kappa shape index (κ1) is 19.7. The minimum absolute atomic E-state index is 0.00159. The lowest BCUT2D eigenvalue weighted by Gasteiger charge is -2.13. The molecule has 0 aliphatic heterocycles. The Hall–Kier alpha value is -2.59. The van der Waals surface area contributed by atoms with Crippen molar-refractivity contribution in [2.75, 3.05) is 25.2 Å². The summed E-state index contributed by atoms with van der Waals surface area (Å²) in [6, 6.07) is 8.90. The van der Waals surface area contributed by atoms with Gasteiger partial charge in [0.1, 0.15) is 5.75 Å². The van der Waals surface area contributed by atoms with E-state index in [9.17, 15) is 21.6 Å². The number of sulfone groups is 1. The molecule has 2 aromatic rings. The molecule has 26 heavy (non-hydrogen) atoms. The molecule has 10 heteroatoms. The van der Waals surface area contributed by atoms with Crippen molar-refractivity contribution in [1.82, 2.24) is 0 Å². The van der Waals surface area contributed by atoms with Crippen LogP contribution in [0, 0.1) is 0 Å². The summed E-state index contributed by atoms with van der Waals surface area (Å²) in [7, 11) is -4.91. The molecule has 8 nitrogen and oxygen atoms in total. The van der Waals surface area contributed by atoms with Crippen LogP contribution < -0.4 is 9.46 Å². The zero-order chi connectivity index (χ0) is 19.5. The quantitative estimate of drug-likeness (QED) is 0.735. The summed E-state index contributed by atoms with van der Waals surface area (Å²) in [4.78, 5) is 11.5. The van der Waals surface area contributed by atoms with Gasteiger partial charge in [-0.05, 0) is 42.5 Å². The number of carbonyl (C=O) groups excluding carboxylic acids is 1. The number of rotatable bonds is 6. The Morgan fingerprint density at radius 1 is 0.923 bits per heavy atom. The van der Waals surface area contributed by atoms with E-state index in [1.807, 2.05) is 0 Å². The van der Waals surface area contributed by atoms with Crippen LogP contribution in [0.15, 0.2) is 52.3 Å². The summed E-state index contributed by atoms with van der Waals surface area (Å²) in [5.41, 5.74) is 0.181. The minimum atomic E-state index is -4.03. The van der Waals surface area contributed by atoms with Gasteiger partial charge in [0, 0.05) is 6.26 Å². The smallest absolute Gasteiger partial charge is 0.337 e. The van der Waals surface area contributed by atoms with Crippen molar-refractivity contribution in [3.63, 3.8) is 0 Å². The van der Waals surface area contributed by atoms with Crippen molar-refractivity contribution < 1.29 is 31.1 Å². The number of carbonyl (C=O) groups is 1. The van der Waals surface area contributed by atoms with Crippen LogP contribution >= 0.6 is 0 Å². The van der Waals surface area contributed by atoms with Crippen LogP contribution in [0.25, 0.3) is 0 Å². The van der Waals surface area contributed by atoms with E-state index in [4.69, 9.17) is 4.74 Å². The Labute approximate surface area is 151 Å². The second-order valence-electron chi connectivity index (χ2n) is 5.26. The van der Waals surface area contributed by atoms with Gasteiger partial charge >= 0.3 is 5.97 Å². The molecule has 0 aliphatic carbocycles. The first-order chi connectivity index (χ1) is 12.1. The molecule has 140 valence electrons. The van der Waals surface area contributed by atoms with Gasteiger partial charge in [0.15, 0.2) is 9.84 Å². The summed E-state index contributed by atoms with van der Waals surface area (Å²) in [6.45, 7) is 0. The van der Waals surface area contributed by atoms with Gasteiger partial charge in [0.25, 0.3) is 10.0 Å². The van der Waals surface area contributed by atoms with E-state index < -0.39 is 25.8 Å². The van der Waals surface area contributed by atoms with Gasteiger partial charge < -0.3 is 9.47 Å². The highest BCUT2D eigenvalue weighted by molar-refractivity contribution is 7.92. The van der Waals surface area contributed by atoms with Crippen LogP contribution in [0.2, 0.25) is 0 Å². The van der Waals surface area contributed by atoms with Gasteiger partial charge in [-0.15, -0.1) is 0 Å². The van der Waals surface area contributed by atoms with Crippen molar-refractivity contribution >= 4 is 31.5 Å². The number of methoxy groups -OCH3 is 2. The zero-order valence-corrected chi connectivity index (χ0v) is 15.8. The van der Waals surface area contributed by atoms with Gasteiger partial charge in [-0.1, -0.05) is 0 Å². The molecule has 0 radical (unpaired) electrons. The number of nitrogens with one attached hydrogen (secondary N) is 1. The minimum Gasteiger partial charge on any atom is -0.495 e. The Kier molecular flexibility index (Phi) is 5.57. The topological polar surface area (TPSA) is 116 Å². The molecule has 0 amide bonds. The average molecular weight is 399 g/mol. The molecular weight excluding hydrogens is 382 g/mol. The van der Waals surface area contributed by atoms with Gasteiger partial charge in [0.05, 0.1) is 35.3 Å². The lowest BCUT2D eigenvalue weighted by atomic mass is 10.2. The molecule has 0 aromatic heterocycles. The molecule has 0 bridgehead atoms. The third-order valence-electron chi connectivity index (χ3n) is 3.43. The number of ether oxygens (including phenoxy) is 2. The molecule has 0 spiro atoms. The maximum absolute atomic E-state index is 12.5. The molecule has 0 fully saturated rings. The molecular formula is C16H17NO7S2. The number of hydrogen-bond acceptors (Lipinski definition) is 7. The van der Waals surface area contributed by atoms with Crippen molar-refractivity contribution in [2.45, 2.75) is 9.79 Å². The molecule has 0 saturated heterocycles. The fraction of sp³-hybridized carbons (Fsp3) is 0.188. The monoisotopic (exact) mass is 399 g/mol. The molecule has 0 heterocycles. The molecule has 2 aromatic carbocycles. The molecule has 0 atom stereocenters. The third-order valence-corrected chi connectivity index (χ3v) is 5.94. The maximum atomic E-state index is 12.5. The van der Waals surface area contributed by atoms with Gasteiger partial charge in [-0.25, -0.2) is 21.6 Å². The second kappa shape index (κ2) is 7.34. The van der Waals surface area contributed by atoms with Gasteiger partial charge in [0.2, 0.25) is 0 Å². The van der Waals surface area contributed by atoms with E-state index in [1.54, 1.807) is 0 Å². The standard InChI is InChI=1S/C16H17NO7S2/c1-23-15-9-4-11(16(18)24-2)10-14(15)17-26(21,22)13-7-5-12(6-8-13)25(3,19)20/h4-10,17H,1-3H3. The van der Waals surface area contributed by atoms with Crippen LogP contribution in [0.5, 0.6) is 5.75 Å². The Morgan fingerprint density at radius 3 is 2.00 bits per heavy atom. The SMILES string of the molecule is COC(=O)c1ccc(OC)c(NS(=O)(=O)c2ccc(S(C)(=O)=O)cc2)c1. The van der Waals surface area contributed by atoms with Crippen LogP contribution in [-0.2, 0) is 24.6 Å². The van der Waals surface area contributed by atoms with E-state index in [2.05, 4.69) is 9.46 Å². The Morgan fingerprint density at radius 2 is 1.50 bits per heavy atom. The van der Waals surface area contributed by atoms with Crippen molar-refractivity contribution in [1.29, 1.82) is 0 Å². The number of hydrogen-bond donors (Lipinski definition) is 1. The number of benzene rings is 2. The van der Waals surface area contributed by atoms with Crippen LogP contribution in [-0.4, -0.2) is 43.3 Å².